The third-order valence-electron chi connectivity index (χ3n) is 4.98. The van der Waals surface area contributed by atoms with E-state index in [9.17, 15) is 4.79 Å². The molecule has 6 nitrogen and oxygen atoms in total. The van der Waals surface area contributed by atoms with Crippen molar-refractivity contribution >= 4 is 23.5 Å². The lowest BCUT2D eigenvalue weighted by atomic mass is 10.0. The van der Waals surface area contributed by atoms with Crippen molar-refractivity contribution in [2.45, 2.75) is 19.1 Å². The fourth-order valence-electron chi connectivity index (χ4n) is 3.61. The maximum absolute atomic E-state index is 12.5. The van der Waals surface area contributed by atoms with E-state index in [2.05, 4.69) is 11.4 Å². The molecule has 150 valence electrons. The molecule has 1 atom stereocenters. The summed E-state index contributed by atoms with van der Waals surface area (Å²) in [6.45, 7) is 4.02. The molecule has 3 aromatic rings. The highest BCUT2D eigenvalue weighted by Gasteiger charge is 2.32. The molecule has 1 aliphatic rings. The molecule has 0 aliphatic carbocycles. The number of thioether (sulfide) groups is 1. The molecule has 2 heterocycles. The highest BCUT2D eigenvalue weighted by Crippen LogP contribution is 2.47. The Labute approximate surface area is 174 Å². The molecule has 0 fully saturated rings. The molecule has 0 bridgehead atoms. The number of amides is 1. The van der Waals surface area contributed by atoms with E-state index in [1.165, 1.54) is 0 Å². The van der Waals surface area contributed by atoms with Crippen molar-refractivity contribution < 1.29 is 14.3 Å². The first kappa shape index (κ1) is 19.4. The number of rotatable bonds is 4. The molecule has 1 N–H and O–H groups in total. The summed E-state index contributed by atoms with van der Waals surface area (Å²) in [4.78, 5) is 12.5. The topological polar surface area (TPSA) is 65.4 Å². The normalized spacial score (nSPS) is 16.0. The SMILES string of the molecule is COc1ccc([C@@H]2SCC(=O)Nc3c2c(C)nn3-c2cccc(C)c2)c(OC)c1. The molecule has 0 spiro atoms. The molecule has 29 heavy (non-hydrogen) atoms. The minimum atomic E-state index is -0.0941. The first-order valence-electron chi connectivity index (χ1n) is 9.31. The number of nitrogens with zero attached hydrogens (tertiary/aromatic N) is 2. The molecule has 2 aromatic carbocycles. The summed E-state index contributed by atoms with van der Waals surface area (Å²) in [7, 11) is 3.28. The molecule has 1 aliphatic heterocycles. The van der Waals surface area contributed by atoms with Gasteiger partial charge in [-0.2, -0.15) is 5.10 Å². The van der Waals surface area contributed by atoms with Crippen LogP contribution in [0.25, 0.3) is 5.69 Å². The summed E-state index contributed by atoms with van der Waals surface area (Å²) in [5, 5.41) is 7.74. The number of aryl methyl sites for hydroxylation is 2. The van der Waals surface area contributed by atoms with E-state index in [1.807, 2.05) is 54.9 Å². The Morgan fingerprint density at radius 2 is 1.97 bits per heavy atom. The van der Waals surface area contributed by atoms with Crippen LogP contribution >= 0.6 is 11.8 Å². The van der Waals surface area contributed by atoms with Gasteiger partial charge in [0.05, 0.1) is 36.6 Å². The quantitative estimate of drug-likeness (QED) is 0.697. The Bertz CT molecular complexity index is 1080. The Morgan fingerprint density at radius 1 is 1.14 bits per heavy atom. The Hall–Kier alpha value is -2.93. The van der Waals surface area contributed by atoms with Crippen LogP contribution in [0.15, 0.2) is 42.5 Å². The van der Waals surface area contributed by atoms with E-state index < -0.39 is 0 Å². The van der Waals surface area contributed by atoms with Gasteiger partial charge in [0.15, 0.2) is 0 Å². The standard InChI is InChI=1S/C22H23N3O3S/c1-13-6-5-7-15(10-13)25-22-20(14(2)24-25)21(29-12-19(26)23-22)17-9-8-16(27-3)11-18(17)28-4/h5-11,21H,12H2,1-4H3,(H,23,26)/t21-/m0/s1. The Morgan fingerprint density at radius 3 is 2.69 bits per heavy atom. The molecule has 4 rings (SSSR count). The molecule has 0 unspecified atom stereocenters. The zero-order valence-corrected chi connectivity index (χ0v) is 17.7. The average Bonchev–Trinajstić information content (AvgIpc) is 2.93. The minimum absolute atomic E-state index is 0.0416. The predicted octanol–water partition coefficient (Wildman–Crippen LogP) is 4.28. The van der Waals surface area contributed by atoms with Gasteiger partial charge < -0.3 is 14.8 Å². The van der Waals surface area contributed by atoms with E-state index in [1.54, 1.807) is 26.0 Å². The van der Waals surface area contributed by atoms with Crippen molar-refractivity contribution in [1.82, 2.24) is 9.78 Å². The highest BCUT2D eigenvalue weighted by atomic mass is 32.2. The second-order valence-electron chi connectivity index (χ2n) is 6.95. The molecule has 7 heteroatoms. The number of aromatic nitrogens is 2. The van der Waals surface area contributed by atoms with Gasteiger partial charge in [-0.05, 0) is 37.6 Å². The van der Waals surface area contributed by atoms with Crippen molar-refractivity contribution in [2.75, 3.05) is 25.3 Å². The van der Waals surface area contributed by atoms with Crippen LogP contribution in [-0.2, 0) is 4.79 Å². The molecule has 0 saturated carbocycles. The number of hydrogen-bond donors (Lipinski definition) is 1. The zero-order chi connectivity index (χ0) is 20.5. The average molecular weight is 410 g/mol. The van der Waals surface area contributed by atoms with Gasteiger partial charge in [0.1, 0.15) is 17.3 Å². The first-order chi connectivity index (χ1) is 14.0. The number of ether oxygens (including phenoxy) is 2. The lowest BCUT2D eigenvalue weighted by molar-refractivity contribution is -0.113. The predicted molar refractivity (Wildman–Crippen MR) is 116 cm³/mol. The minimum Gasteiger partial charge on any atom is -0.497 e. The number of fused-ring (bicyclic) bond motifs is 1. The van der Waals surface area contributed by atoms with Crippen LogP contribution in [0, 0.1) is 13.8 Å². The van der Waals surface area contributed by atoms with Gasteiger partial charge in [-0.1, -0.05) is 18.2 Å². The summed E-state index contributed by atoms with van der Waals surface area (Å²) in [5.74, 6) is 2.48. The number of carbonyl (C=O) groups is 1. The van der Waals surface area contributed by atoms with Gasteiger partial charge in [0, 0.05) is 17.2 Å². The van der Waals surface area contributed by atoms with Crippen LogP contribution in [-0.4, -0.2) is 35.7 Å². The van der Waals surface area contributed by atoms with Gasteiger partial charge in [-0.25, -0.2) is 4.68 Å². The third kappa shape index (κ3) is 3.58. The van der Waals surface area contributed by atoms with E-state index in [0.29, 0.717) is 11.6 Å². The number of benzene rings is 2. The highest BCUT2D eigenvalue weighted by molar-refractivity contribution is 8.00. The van der Waals surface area contributed by atoms with E-state index in [0.717, 1.165) is 39.6 Å². The van der Waals surface area contributed by atoms with Gasteiger partial charge in [0.2, 0.25) is 5.91 Å². The number of methoxy groups -OCH3 is 2. The van der Waals surface area contributed by atoms with Crippen LogP contribution in [0.2, 0.25) is 0 Å². The van der Waals surface area contributed by atoms with E-state index in [-0.39, 0.29) is 11.2 Å². The van der Waals surface area contributed by atoms with Gasteiger partial charge in [0.25, 0.3) is 0 Å². The molecule has 0 radical (unpaired) electrons. The summed E-state index contributed by atoms with van der Waals surface area (Å²) < 4.78 is 12.8. The maximum Gasteiger partial charge on any atom is 0.235 e. The lowest BCUT2D eigenvalue weighted by Gasteiger charge is -2.19. The monoisotopic (exact) mass is 409 g/mol. The summed E-state index contributed by atoms with van der Waals surface area (Å²) in [6.07, 6.45) is 0. The number of anilines is 1. The van der Waals surface area contributed by atoms with Crippen LogP contribution < -0.4 is 14.8 Å². The molecule has 1 aromatic heterocycles. The third-order valence-corrected chi connectivity index (χ3v) is 6.23. The summed E-state index contributed by atoms with van der Waals surface area (Å²) in [5.41, 5.74) is 4.90. The second kappa shape index (κ2) is 7.83. The molecule has 0 saturated heterocycles. The Balaban J connectivity index is 1.90. The fourth-order valence-corrected chi connectivity index (χ4v) is 4.82. The molecular weight excluding hydrogens is 386 g/mol. The van der Waals surface area contributed by atoms with Crippen molar-refractivity contribution in [3.05, 3.63) is 64.8 Å². The Kier molecular flexibility index (Phi) is 5.24. The molecule has 1 amide bonds. The number of hydrogen-bond acceptors (Lipinski definition) is 5. The van der Waals surface area contributed by atoms with E-state index in [4.69, 9.17) is 14.6 Å². The van der Waals surface area contributed by atoms with Crippen molar-refractivity contribution in [3.63, 3.8) is 0 Å². The van der Waals surface area contributed by atoms with Crippen LogP contribution in [0.5, 0.6) is 11.5 Å². The summed E-state index contributed by atoms with van der Waals surface area (Å²) >= 11 is 1.57. The second-order valence-corrected chi connectivity index (χ2v) is 8.04. The first-order valence-corrected chi connectivity index (χ1v) is 10.4. The lowest BCUT2D eigenvalue weighted by Crippen LogP contribution is -2.15. The largest absolute Gasteiger partial charge is 0.497 e. The maximum atomic E-state index is 12.5. The zero-order valence-electron chi connectivity index (χ0n) is 16.9. The number of nitrogens with one attached hydrogen (secondary N) is 1. The van der Waals surface area contributed by atoms with Crippen molar-refractivity contribution in [3.8, 4) is 17.2 Å². The van der Waals surface area contributed by atoms with Crippen LogP contribution in [0.4, 0.5) is 5.82 Å². The fraction of sp³-hybridized carbons (Fsp3) is 0.273. The van der Waals surface area contributed by atoms with Crippen molar-refractivity contribution in [1.29, 1.82) is 0 Å². The van der Waals surface area contributed by atoms with Gasteiger partial charge in [-0.15, -0.1) is 11.8 Å². The number of carbonyl (C=O) groups excluding carboxylic acids is 1. The van der Waals surface area contributed by atoms with Crippen molar-refractivity contribution in [2.24, 2.45) is 0 Å². The van der Waals surface area contributed by atoms with Crippen LogP contribution in [0.1, 0.15) is 27.6 Å². The molecular formula is C22H23N3O3S. The smallest absolute Gasteiger partial charge is 0.235 e. The van der Waals surface area contributed by atoms with Gasteiger partial charge >= 0.3 is 0 Å². The van der Waals surface area contributed by atoms with Crippen LogP contribution in [0.3, 0.4) is 0 Å². The van der Waals surface area contributed by atoms with E-state index >= 15 is 0 Å². The summed E-state index contributed by atoms with van der Waals surface area (Å²) in [6, 6.07) is 13.9. The van der Waals surface area contributed by atoms with Gasteiger partial charge in [-0.3, -0.25) is 4.79 Å².